The van der Waals surface area contributed by atoms with Gasteiger partial charge in [0, 0.05) is 91.5 Å². The topological polar surface area (TPSA) is 158 Å². The second-order valence-electron chi connectivity index (χ2n) is 19.1. The summed E-state index contributed by atoms with van der Waals surface area (Å²) in [6.07, 6.45) is 6.57. The molecule has 2 saturated heterocycles. The zero-order valence-corrected chi connectivity index (χ0v) is 38.8. The van der Waals surface area contributed by atoms with E-state index in [-0.39, 0.29) is 17.6 Å². The van der Waals surface area contributed by atoms with Crippen LogP contribution in [0.5, 0.6) is 0 Å². The number of carbonyl (C=O) groups is 1. The minimum Gasteiger partial charge on any atom is -0.381 e. The van der Waals surface area contributed by atoms with Gasteiger partial charge >= 0.3 is 5.76 Å². The van der Waals surface area contributed by atoms with Gasteiger partial charge in [-0.3, -0.25) is 19.2 Å². The number of nitrogens with one attached hydrogen (secondary N) is 1. The molecule has 344 valence electrons. The lowest BCUT2D eigenvalue weighted by molar-refractivity contribution is 0.0663. The molecule has 4 atom stereocenters. The molecule has 66 heavy (non-hydrogen) atoms. The summed E-state index contributed by atoms with van der Waals surface area (Å²) < 4.78 is 43.7. The van der Waals surface area contributed by atoms with Gasteiger partial charge < -0.3 is 33.7 Å². The Balaban J connectivity index is 0.986. The van der Waals surface area contributed by atoms with E-state index in [1.807, 2.05) is 42.2 Å². The van der Waals surface area contributed by atoms with Crippen molar-refractivity contribution in [2.45, 2.75) is 77.2 Å². The number of halogens is 1. The molecule has 2 N–H and O–H groups in total. The second kappa shape index (κ2) is 15.9. The van der Waals surface area contributed by atoms with Gasteiger partial charge in [-0.2, -0.15) is 5.10 Å². The van der Waals surface area contributed by atoms with Gasteiger partial charge in [0.05, 0.1) is 17.4 Å². The van der Waals surface area contributed by atoms with Gasteiger partial charge in [0.1, 0.15) is 30.0 Å². The maximum Gasteiger partial charge on any atom is 0.438 e. The lowest BCUT2D eigenvalue weighted by Crippen LogP contribution is -2.43. The maximum absolute atomic E-state index is 15.5. The third kappa shape index (κ3) is 6.81. The maximum atomic E-state index is 15.5. The number of anilines is 2. The van der Waals surface area contributed by atoms with Crippen molar-refractivity contribution in [2.75, 3.05) is 62.0 Å². The van der Waals surface area contributed by atoms with E-state index >= 15 is 9.18 Å². The highest BCUT2D eigenvalue weighted by atomic mass is 31.2. The standard InChI is InChI=1S/C49H55FN9O6P/c1-29-24-37(25-30(2)43(29)50)59-44(57-17-16-56(48(57)62)36-7-9-38(10-8-36)66(63)22-18-54(5)19-23-66)42-32(4)55(15-12-39(42)52-59)45(60)41-27-35-26-34(33-13-20-64-21-14-33)6-11-40(35)58(41)49(28-31(49)3)46-51-47(61)65-53-46/h6-11,16-17,24-27,31-33,48,62H,12-15,18-23,28H2,1-5H3,(H,51,53,61)/t31-,32-,48?,49-/m0/s1. The Kier molecular flexibility index (Phi) is 10.3. The van der Waals surface area contributed by atoms with Gasteiger partial charge in [0.2, 0.25) is 6.35 Å². The van der Waals surface area contributed by atoms with Crippen molar-refractivity contribution in [1.29, 1.82) is 0 Å². The summed E-state index contributed by atoms with van der Waals surface area (Å²) in [5, 5.41) is 23.4. The molecular weight excluding hydrogens is 861 g/mol. The first-order valence-corrected chi connectivity index (χ1v) is 25.1. The quantitative estimate of drug-likeness (QED) is 0.157. The van der Waals surface area contributed by atoms with Gasteiger partial charge in [0.15, 0.2) is 5.82 Å². The fourth-order valence-electron chi connectivity index (χ4n) is 11.1. The van der Waals surface area contributed by atoms with Gasteiger partial charge in [-0.1, -0.05) is 18.1 Å². The van der Waals surface area contributed by atoms with Crippen LogP contribution in [0.4, 0.5) is 15.9 Å². The third-order valence-electron chi connectivity index (χ3n) is 15.1. The summed E-state index contributed by atoms with van der Waals surface area (Å²) in [5.41, 5.74) is 5.50. The molecule has 3 fully saturated rings. The van der Waals surface area contributed by atoms with Crippen molar-refractivity contribution in [3.8, 4) is 5.69 Å². The fourth-order valence-corrected chi connectivity index (χ4v) is 13.9. The number of carbonyl (C=O) groups excluding carboxylic acids is 1. The molecule has 11 rings (SSSR count). The number of amides is 1. The number of fused-ring (bicyclic) bond motifs is 2. The highest BCUT2D eigenvalue weighted by molar-refractivity contribution is 7.71. The molecule has 3 aromatic carbocycles. The van der Waals surface area contributed by atoms with Crippen molar-refractivity contribution in [2.24, 2.45) is 5.92 Å². The number of rotatable bonds is 8. The Labute approximate surface area is 381 Å². The summed E-state index contributed by atoms with van der Waals surface area (Å²) >= 11 is 0. The number of ether oxygens (including phenoxy) is 1. The van der Waals surface area contributed by atoms with Crippen LogP contribution in [0.25, 0.3) is 16.6 Å². The van der Waals surface area contributed by atoms with Crippen LogP contribution < -0.4 is 20.9 Å². The number of hydrogen-bond acceptors (Lipinski definition) is 11. The highest BCUT2D eigenvalue weighted by Gasteiger charge is 2.59. The first-order chi connectivity index (χ1) is 31.8. The second-order valence-corrected chi connectivity index (χ2v) is 22.3. The van der Waals surface area contributed by atoms with Crippen LogP contribution in [0.15, 0.2) is 82.4 Å². The Morgan fingerprint density at radius 3 is 2.30 bits per heavy atom. The SMILES string of the molecule is Cc1cc(-n2nc3c(c2N2C=CN(c4ccc(P5(=O)CCN(C)CC5)cc4)C2O)[C@H](C)N(C(=O)c2cc4cc(C5CCOCC5)ccc4n2[C@@]2(c4noc(=O)[nH]4)C[C@@H]2C)CC3)cc(C)c1F. The number of aryl methyl sites for hydroxylation is 2. The molecule has 3 aromatic heterocycles. The lowest BCUT2D eigenvalue weighted by atomic mass is 9.91. The van der Waals surface area contributed by atoms with E-state index < -0.39 is 30.8 Å². The monoisotopic (exact) mass is 915 g/mol. The van der Waals surface area contributed by atoms with Crippen LogP contribution in [0.3, 0.4) is 0 Å². The van der Waals surface area contributed by atoms with Crippen molar-refractivity contribution in [3.05, 3.63) is 129 Å². The molecule has 15 nitrogen and oxygen atoms in total. The number of aromatic nitrogens is 5. The van der Waals surface area contributed by atoms with Gasteiger partial charge in [-0.05, 0) is 130 Å². The highest BCUT2D eigenvalue weighted by Crippen LogP contribution is 2.56. The summed E-state index contributed by atoms with van der Waals surface area (Å²) in [6, 6.07) is 19.0. The number of benzene rings is 3. The number of aliphatic hydroxyl groups is 1. The summed E-state index contributed by atoms with van der Waals surface area (Å²) in [4.78, 5) is 38.3. The van der Waals surface area contributed by atoms with Crippen molar-refractivity contribution >= 4 is 40.8 Å². The molecule has 4 aliphatic heterocycles. The first kappa shape index (κ1) is 42.8. The molecule has 1 unspecified atom stereocenters. The average Bonchev–Trinajstić information content (AvgIpc) is 3.82. The number of aromatic amines is 1. The zero-order valence-electron chi connectivity index (χ0n) is 37.9. The predicted molar refractivity (Wildman–Crippen MR) is 250 cm³/mol. The Hall–Kier alpha value is -5.80. The molecule has 1 saturated carbocycles. The van der Waals surface area contributed by atoms with E-state index in [0.29, 0.717) is 90.7 Å². The molecule has 17 heteroatoms. The van der Waals surface area contributed by atoms with Crippen molar-refractivity contribution in [1.82, 2.24) is 34.3 Å². The van der Waals surface area contributed by atoms with Crippen LogP contribution >= 0.6 is 7.14 Å². The Morgan fingerprint density at radius 1 is 0.939 bits per heavy atom. The molecule has 0 spiro atoms. The minimum absolute atomic E-state index is 0.0355. The van der Waals surface area contributed by atoms with E-state index in [2.05, 4.69) is 51.8 Å². The number of aliphatic hydroxyl groups excluding tert-OH is 1. The number of H-pyrrole nitrogens is 1. The minimum atomic E-state index is -2.52. The third-order valence-corrected chi connectivity index (χ3v) is 18.2. The molecule has 1 aliphatic carbocycles. The molecule has 5 aliphatic rings. The summed E-state index contributed by atoms with van der Waals surface area (Å²) in [7, 11) is -0.472. The van der Waals surface area contributed by atoms with E-state index in [1.165, 1.54) is 5.56 Å². The van der Waals surface area contributed by atoms with Gasteiger partial charge in [-0.15, -0.1) is 0 Å². The van der Waals surface area contributed by atoms with Crippen molar-refractivity contribution in [3.63, 3.8) is 0 Å². The van der Waals surface area contributed by atoms with Crippen LogP contribution in [-0.2, 0) is 21.3 Å². The average molecular weight is 916 g/mol. The normalized spacial score (nSPS) is 24.4. The van der Waals surface area contributed by atoms with Crippen LogP contribution in [0.1, 0.15) is 89.3 Å². The van der Waals surface area contributed by atoms with E-state index in [4.69, 9.17) is 14.4 Å². The first-order valence-electron chi connectivity index (χ1n) is 23.1. The molecule has 1 amide bonds. The summed E-state index contributed by atoms with van der Waals surface area (Å²) in [5.74, 6) is 0.163. The van der Waals surface area contributed by atoms with Gasteiger partial charge in [0.25, 0.3) is 5.91 Å². The largest absolute Gasteiger partial charge is 0.438 e. The van der Waals surface area contributed by atoms with Gasteiger partial charge in [-0.25, -0.2) is 13.9 Å². The lowest BCUT2D eigenvalue weighted by Gasteiger charge is -2.36. The van der Waals surface area contributed by atoms with E-state index in [0.717, 1.165) is 53.4 Å². The van der Waals surface area contributed by atoms with Crippen LogP contribution in [-0.4, -0.2) is 104 Å². The predicted octanol–water partition coefficient (Wildman–Crippen LogP) is 6.70. The molecule has 7 heterocycles. The smallest absolute Gasteiger partial charge is 0.381 e. The van der Waals surface area contributed by atoms with E-state index in [1.54, 1.807) is 52.9 Å². The van der Waals surface area contributed by atoms with Crippen LogP contribution in [0.2, 0.25) is 0 Å². The molecular formula is C49H55FN9O6P. The molecule has 0 bridgehead atoms. The molecule has 6 aromatic rings. The van der Waals surface area contributed by atoms with E-state index in [9.17, 15) is 14.5 Å². The van der Waals surface area contributed by atoms with Crippen LogP contribution in [0, 0.1) is 25.6 Å². The summed E-state index contributed by atoms with van der Waals surface area (Å²) in [6.45, 7) is 10.9. The molecule has 0 radical (unpaired) electrons. The number of hydrogen-bond donors (Lipinski definition) is 2. The zero-order chi connectivity index (χ0) is 45.8. The Morgan fingerprint density at radius 2 is 1.64 bits per heavy atom. The van der Waals surface area contributed by atoms with Crippen molar-refractivity contribution < 1.29 is 28.1 Å². The fraction of sp³-hybridized carbons (Fsp3) is 0.429. The number of nitrogens with zero attached hydrogens (tertiary/aromatic N) is 8. The Bertz CT molecular complexity index is 3010.